The van der Waals surface area contributed by atoms with Crippen LogP contribution in [0.5, 0.6) is 0 Å². The van der Waals surface area contributed by atoms with Crippen LogP contribution in [0.25, 0.3) is 0 Å². The lowest BCUT2D eigenvalue weighted by Crippen LogP contribution is -2.17. The summed E-state index contributed by atoms with van der Waals surface area (Å²) in [5, 5.41) is 5.34. The van der Waals surface area contributed by atoms with Crippen molar-refractivity contribution in [3.05, 3.63) is 70.7 Å². The molecule has 2 N–H and O–H groups in total. The van der Waals surface area contributed by atoms with Crippen molar-refractivity contribution in [2.24, 2.45) is 0 Å². The molecule has 0 fully saturated rings. The van der Waals surface area contributed by atoms with E-state index in [9.17, 15) is 22.4 Å². The Labute approximate surface area is 155 Å². The maximum atomic E-state index is 12.9. The fourth-order valence-corrected chi connectivity index (χ4v) is 2.92. The monoisotopic (exact) mass is 396 g/mol. The number of halogens is 4. The van der Waals surface area contributed by atoms with Crippen LogP contribution in [0.1, 0.15) is 20.9 Å². The third kappa shape index (κ3) is 4.79. The Morgan fingerprint density at radius 3 is 2.41 bits per heavy atom. The number of carbonyl (C=O) groups is 1. The SMILES string of the molecule is O=C(Nc1ccc(C(F)(F)F)s1)c1nccnc1NCc1ccc(F)cc1. The Kier molecular flexibility index (Phi) is 5.36. The molecule has 0 unspecified atom stereocenters. The molecular formula is C17H12F4N4OS. The van der Waals surface area contributed by atoms with Crippen LogP contribution in [0.15, 0.2) is 48.8 Å². The standard InChI is InChI=1S/C17H12F4N4OS/c18-11-3-1-10(2-4-11)9-24-15-14(22-7-8-23-15)16(26)25-13-6-5-12(27-13)17(19,20)21/h1-8H,9H2,(H,23,24)(H,25,26). The zero-order chi connectivity index (χ0) is 19.4. The predicted molar refractivity (Wildman–Crippen MR) is 93.0 cm³/mol. The molecule has 10 heteroatoms. The summed E-state index contributed by atoms with van der Waals surface area (Å²) in [7, 11) is 0. The lowest BCUT2D eigenvalue weighted by molar-refractivity contribution is -0.134. The van der Waals surface area contributed by atoms with Crippen LogP contribution in [0.2, 0.25) is 0 Å². The Balaban J connectivity index is 1.71. The third-order valence-corrected chi connectivity index (χ3v) is 4.45. The molecule has 0 spiro atoms. The highest BCUT2D eigenvalue weighted by Gasteiger charge is 2.32. The second kappa shape index (κ2) is 7.70. The first kappa shape index (κ1) is 18.8. The van der Waals surface area contributed by atoms with Crippen molar-refractivity contribution in [3.8, 4) is 0 Å². The summed E-state index contributed by atoms with van der Waals surface area (Å²) in [6, 6.07) is 7.82. The predicted octanol–water partition coefficient (Wildman–Crippen LogP) is 4.56. The number of hydrogen-bond acceptors (Lipinski definition) is 5. The first-order chi connectivity index (χ1) is 12.8. The molecule has 27 heavy (non-hydrogen) atoms. The summed E-state index contributed by atoms with van der Waals surface area (Å²) in [4.78, 5) is 19.5. The number of alkyl halides is 3. The molecule has 1 amide bonds. The molecule has 140 valence electrons. The first-order valence-electron chi connectivity index (χ1n) is 7.60. The van der Waals surface area contributed by atoms with Gasteiger partial charge in [0.05, 0.1) is 5.00 Å². The molecule has 0 saturated heterocycles. The lowest BCUT2D eigenvalue weighted by Gasteiger charge is -2.10. The van der Waals surface area contributed by atoms with Gasteiger partial charge in [0.15, 0.2) is 11.5 Å². The van der Waals surface area contributed by atoms with E-state index in [0.29, 0.717) is 11.3 Å². The van der Waals surface area contributed by atoms with E-state index >= 15 is 0 Å². The number of rotatable bonds is 5. The molecule has 0 aliphatic carbocycles. The number of aromatic nitrogens is 2. The fourth-order valence-electron chi connectivity index (χ4n) is 2.15. The van der Waals surface area contributed by atoms with E-state index in [1.807, 2.05) is 0 Å². The summed E-state index contributed by atoms with van der Waals surface area (Å²) in [5.41, 5.74) is 0.683. The molecule has 3 rings (SSSR count). The van der Waals surface area contributed by atoms with Gasteiger partial charge in [-0.15, -0.1) is 11.3 Å². The Morgan fingerprint density at radius 1 is 1.04 bits per heavy atom. The van der Waals surface area contributed by atoms with E-state index in [4.69, 9.17) is 0 Å². The number of carbonyl (C=O) groups excluding carboxylic acids is 1. The van der Waals surface area contributed by atoms with Gasteiger partial charge in [0.1, 0.15) is 10.7 Å². The molecule has 0 aliphatic rings. The van der Waals surface area contributed by atoms with Crippen LogP contribution in [-0.2, 0) is 12.7 Å². The highest BCUT2D eigenvalue weighted by Crippen LogP contribution is 2.36. The van der Waals surface area contributed by atoms with Gasteiger partial charge in [0.25, 0.3) is 5.91 Å². The average Bonchev–Trinajstić information content (AvgIpc) is 3.10. The zero-order valence-electron chi connectivity index (χ0n) is 13.5. The highest BCUT2D eigenvalue weighted by molar-refractivity contribution is 7.16. The third-order valence-electron chi connectivity index (χ3n) is 3.41. The molecule has 1 aromatic carbocycles. The van der Waals surface area contributed by atoms with Gasteiger partial charge in [-0.3, -0.25) is 4.79 Å². The highest BCUT2D eigenvalue weighted by atomic mass is 32.1. The van der Waals surface area contributed by atoms with Crippen molar-refractivity contribution >= 4 is 28.1 Å². The van der Waals surface area contributed by atoms with E-state index in [-0.39, 0.29) is 28.9 Å². The first-order valence-corrected chi connectivity index (χ1v) is 8.42. The maximum absolute atomic E-state index is 12.9. The number of hydrogen-bond donors (Lipinski definition) is 2. The van der Waals surface area contributed by atoms with Crippen LogP contribution in [0.4, 0.5) is 28.4 Å². The van der Waals surface area contributed by atoms with Gasteiger partial charge >= 0.3 is 6.18 Å². The van der Waals surface area contributed by atoms with Crippen molar-refractivity contribution in [1.29, 1.82) is 0 Å². The van der Waals surface area contributed by atoms with E-state index in [1.54, 1.807) is 12.1 Å². The number of thiophene rings is 1. The van der Waals surface area contributed by atoms with Gasteiger partial charge in [0.2, 0.25) is 0 Å². The summed E-state index contributed by atoms with van der Waals surface area (Å²) in [6.07, 6.45) is -1.80. The maximum Gasteiger partial charge on any atom is 0.425 e. The fraction of sp³-hybridized carbons (Fsp3) is 0.118. The molecule has 0 radical (unpaired) electrons. The van der Waals surface area contributed by atoms with Crippen LogP contribution >= 0.6 is 11.3 Å². The van der Waals surface area contributed by atoms with Gasteiger partial charge in [-0.2, -0.15) is 13.2 Å². The van der Waals surface area contributed by atoms with Crippen LogP contribution in [0, 0.1) is 5.82 Å². The molecule has 2 heterocycles. The summed E-state index contributed by atoms with van der Waals surface area (Å²) in [5.74, 6) is -0.903. The Morgan fingerprint density at radius 2 is 1.74 bits per heavy atom. The largest absolute Gasteiger partial charge is 0.425 e. The van der Waals surface area contributed by atoms with Gasteiger partial charge in [0, 0.05) is 18.9 Å². The van der Waals surface area contributed by atoms with Crippen molar-refractivity contribution < 1.29 is 22.4 Å². The summed E-state index contributed by atoms with van der Waals surface area (Å²) in [6.45, 7) is 0.260. The Bertz CT molecular complexity index is 941. The van der Waals surface area contributed by atoms with Crippen LogP contribution < -0.4 is 10.6 Å². The van der Waals surface area contributed by atoms with Crippen LogP contribution in [-0.4, -0.2) is 15.9 Å². The van der Waals surface area contributed by atoms with Crippen LogP contribution in [0.3, 0.4) is 0 Å². The smallest absolute Gasteiger partial charge is 0.364 e. The molecule has 5 nitrogen and oxygen atoms in total. The molecule has 2 aromatic heterocycles. The molecule has 0 atom stereocenters. The van der Waals surface area contributed by atoms with Crippen molar-refractivity contribution in [2.75, 3.05) is 10.6 Å². The van der Waals surface area contributed by atoms with E-state index in [0.717, 1.165) is 11.6 Å². The van der Waals surface area contributed by atoms with Gasteiger partial charge in [-0.25, -0.2) is 14.4 Å². The van der Waals surface area contributed by atoms with E-state index in [1.165, 1.54) is 30.6 Å². The number of anilines is 2. The average molecular weight is 396 g/mol. The minimum absolute atomic E-state index is 0.0439. The molecule has 0 aliphatic heterocycles. The minimum Gasteiger partial charge on any atom is -0.364 e. The van der Waals surface area contributed by atoms with Gasteiger partial charge in [-0.1, -0.05) is 12.1 Å². The van der Waals surface area contributed by atoms with Crippen molar-refractivity contribution in [3.63, 3.8) is 0 Å². The zero-order valence-corrected chi connectivity index (χ0v) is 14.4. The van der Waals surface area contributed by atoms with Gasteiger partial charge in [-0.05, 0) is 29.8 Å². The van der Waals surface area contributed by atoms with Gasteiger partial charge < -0.3 is 10.6 Å². The number of nitrogens with one attached hydrogen (secondary N) is 2. The Hall–Kier alpha value is -3.01. The second-order valence-corrected chi connectivity index (χ2v) is 6.43. The molecule has 0 bridgehead atoms. The molecule has 0 saturated carbocycles. The second-order valence-electron chi connectivity index (χ2n) is 5.35. The molecular weight excluding hydrogens is 384 g/mol. The molecule has 3 aromatic rings. The number of amides is 1. The van der Waals surface area contributed by atoms with E-state index in [2.05, 4.69) is 20.6 Å². The van der Waals surface area contributed by atoms with E-state index < -0.39 is 17.0 Å². The normalized spacial score (nSPS) is 11.3. The topological polar surface area (TPSA) is 66.9 Å². The lowest BCUT2D eigenvalue weighted by atomic mass is 10.2. The van der Waals surface area contributed by atoms with Crippen molar-refractivity contribution in [1.82, 2.24) is 9.97 Å². The number of nitrogens with zero attached hydrogens (tertiary/aromatic N) is 2. The summed E-state index contributed by atoms with van der Waals surface area (Å²) < 4.78 is 50.9. The van der Waals surface area contributed by atoms with Crippen molar-refractivity contribution in [2.45, 2.75) is 12.7 Å². The summed E-state index contributed by atoms with van der Waals surface area (Å²) >= 11 is 0.419. The number of benzene rings is 1. The minimum atomic E-state index is -4.47. The quantitative estimate of drug-likeness (QED) is 0.621.